The van der Waals surface area contributed by atoms with Crippen LogP contribution < -0.4 is 0 Å². The fraction of sp³-hybridized carbons (Fsp3) is 0.500. The van der Waals surface area contributed by atoms with Crippen molar-refractivity contribution in [1.29, 1.82) is 0 Å². The molecule has 1 aromatic rings. The van der Waals surface area contributed by atoms with E-state index in [-0.39, 0.29) is 11.5 Å². The first kappa shape index (κ1) is 10.6. The summed E-state index contributed by atoms with van der Waals surface area (Å²) in [5.74, 6) is -1.28. The molecule has 82 valence electrons. The van der Waals surface area contributed by atoms with Crippen molar-refractivity contribution in [2.45, 2.75) is 31.8 Å². The Morgan fingerprint density at radius 3 is 2.53 bits per heavy atom. The predicted molar refractivity (Wildman–Crippen MR) is 53.3 cm³/mol. The first-order valence-corrected chi connectivity index (χ1v) is 5.26. The van der Waals surface area contributed by atoms with E-state index in [0.29, 0.717) is 6.42 Å². The molecule has 0 spiro atoms. The number of hydrogen-bond acceptors (Lipinski definition) is 1. The lowest BCUT2D eigenvalue weighted by Crippen LogP contribution is -2.13. The highest BCUT2D eigenvalue weighted by Crippen LogP contribution is 2.55. The summed E-state index contributed by atoms with van der Waals surface area (Å²) in [6.45, 7) is 2.00. The first-order chi connectivity index (χ1) is 7.09. The van der Waals surface area contributed by atoms with Gasteiger partial charge < -0.3 is 5.11 Å². The van der Waals surface area contributed by atoms with Crippen molar-refractivity contribution in [3.05, 3.63) is 35.4 Å². The summed E-state index contributed by atoms with van der Waals surface area (Å²) in [6.07, 6.45) is 2.20. The Bertz CT molecular complexity index is 358. The summed E-state index contributed by atoms with van der Waals surface area (Å²) < 4.78 is 26.8. The summed E-state index contributed by atoms with van der Waals surface area (Å²) in [6, 6.07) is 3.70. The van der Waals surface area contributed by atoms with Crippen molar-refractivity contribution < 1.29 is 13.9 Å². The van der Waals surface area contributed by atoms with Gasteiger partial charge in [-0.25, -0.2) is 8.78 Å². The van der Waals surface area contributed by atoms with Crippen molar-refractivity contribution >= 4 is 0 Å². The second-order valence-corrected chi connectivity index (χ2v) is 4.21. The summed E-state index contributed by atoms with van der Waals surface area (Å²) in [5.41, 5.74) is -1.41. The van der Waals surface area contributed by atoms with Gasteiger partial charge in [0.05, 0.1) is 11.2 Å². The fourth-order valence-corrected chi connectivity index (χ4v) is 2.22. The third-order valence-corrected chi connectivity index (χ3v) is 3.11. The van der Waals surface area contributed by atoms with Gasteiger partial charge in [0.1, 0.15) is 11.6 Å². The monoisotopic (exact) mass is 212 g/mol. The molecule has 2 atom stereocenters. The Morgan fingerprint density at radius 2 is 2.00 bits per heavy atom. The van der Waals surface area contributed by atoms with E-state index in [1.807, 2.05) is 6.92 Å². The van der Waals surface area contributed by atoms with Crippen molar-refractivity contribution in [3.8, 4) is 0 Å². The van der Waals surface area contributed by atoms with Gasteiger partial charge in [0, 0.05) is 0 Å². The van der Waals surface area contributed by atoms with Crippen LogP contribution in [0.2, 0.25) is 0 Å². The number of halogens is 2. The normalized spacial score (nSPS) is 29.2. The second kappa shape index (κ2) is 3.56. The molecule has 0 heterocycles. The molecule has 1 N–H and O–H groups in total. The van der Waals surface area contributed by atoms with E-state index in [0.717, 1.165) is 12.8 Å². The van der Waals surface area contributed by atoms with Crippen LogP contribution in [-0.4, -0.2) is 5.11 Å². The smallest absolute Gasteiger partial charge is 0.132 e. The molecule has 1 saturated carbocycles. The maximum Gasteiger partial charge on any atom is 0.132 e. The summed E-state index contributed by atoms with van der Waals surface area (Å²) in [7, 11) is 0. The zero-order valence-corrected chi connectivity index (χ0v) is 8.63. The summed E-state index contributed by atoms with van der Waals surface area (Å²) >= 11 is 0. The van der Waals surface area contributed by atoms with E-state index in [4.69, 9.17) is 0 Å². The minimum absolute atomic E-state index is 0.00824. The standard InChI is InChI=1S/C12H14F2O/c1-2-4-8-7-12(8,15)11-9(13)5-3-6-10(11)14/h3,5-6,8,15H,2,4,7H2,1H3. The molecule has 0 radical (unpaired) electrons. The lowest BCUT2D eigenvalue weighted by Gasteiger charge is -2.12. The van der Waals surface area contributed by atoms with Crippen LogP contribution in [0.25, 0.3) is 0 Å². The van der Waals surface area contributed by atoms with E-state index in [9.17, 15) is 13.9 Å². The largest absolute Gasteiger partial charge is 0.385 e. The van der Waals surface area contributed by atoms with E-state index in [1.165, 1.54) is 18.2 Å². The zero-order valence-electron chi connectivity index (χ0n) is 8.63. The third kappa shape index (κ3) is 1.65. The highest BCUT2D eigenvalue weighted by molar-refractivity contribution is 5.32. The summed E-state index contributed by atoms with van der Waals surface area (Å²) in [4.78, 5) is 0. The molecule has 2 rings (SSSR count). The minimum atomic E-state index is -1.26. The Balaban J connectivity index is 2.31. The Kier molecular flexibility index (Phi) is 2.51. The topological polar surface area (TPSA) is 20.2 Å². The number of benzene rings is 1. The van der Waals surface area contributed by atoms with E-state index in [1.54, 1.807) is 0 Å². The van der Waals surface area contributed by atoms with Gasteiger partial charge in [0.2, 0.25) is 0 Å². The maximum atomic E-state index is 13.4. The quantitative estimate of drug-likeness (QED) is 0.816. The SMILES string of the molecule is CCCC1CC1(O)c1c(F)cccc1F. The second-order valence-electron chi connectivity index (χ2n) is 4.21. The van der Waals surface area contributed by atoms with Crippen molar-refractivity contribution in [2.24, 2.45) is 5.92 Å². The maximum absolute atomic E-state index is 13.4. The van der Waals surface area contributed by atoms with Crippen LogP contribution in [0.15, 0.2) is 18.2 Å². The van der Waals surface area contributed by atoms with Crippen LogP contribution in [0.3, 0.4) is 0 Å². The lowest BCUT2D eigenvalue weighted by atomic mass is 10.0. The van der Waals surface area contributed by atoms with Gasteiger partial charge in [0.25, 0.3) is 0 Å². The Hall–Kier alpha value is -0.960. The predicted octanol–water partition coefficient (Wildman–Crippen LogP) is 2.97. The molecular weight excluding hydrogens is 198 g/mol. The average Bonchev–Trinajstić information content (AvgIpc) is 2.77. The molecule has 0 saturated heterocycles. The molecule has 1 aliphatic carbocycles. The Morgan fingerprint density at radius 1 is 1.40 bits per heavy atom. The molecule has 0 amide bonds. The molecular formula is C12H14F2O. The van der Waals surface area contributed by atoms with E-state index in [2.05, 4.69) is 0 Å². The van der Waals surface area contributed by atoms with Gasteiger partial charge >= 0.3 is 0 Å². The van der Waals surface area contributed by atoms with Crippen LogP contribution in [-0.2, 0) is 5.60 Å². The average molecular weight is 212 g/mol. The van der Waals surface area contributed by atoms with Crippen LogP contribution in [0.4, 0.5) is 8.78 Å². The van der Waals surface area contributed by atoms with E-state index >= 15 is 0 Å². The van der Waals surface area contributed by atoms with Crippen LogP contribution >= 0.6 is 0 Å². The van der Waals surface area contributed by atoms with Crippen molar-refractivity contribution in [2.75, 3.05) is 0 Å². The van der Waals surface area contributed by atoms with Gasteiger partial charge in [-0.2, -0.15) is 0 Å². The number of rotatable bonds is 3. The van der Waals surface area contributed by atoms with Crippen molar-refractivity contribution in [3.63, 3.8) is 0 Å². The molecule has 1 fully saturated rings. The Labute approximate surface area is 87.7 Å². The molecule has 2 unspecified atom stereocenters. The highest BCUT2D eigenvalue weighted by atomic mass is 19.1. The van der Waals surface area contributed by atoms with E-state index < -0.39 is 17.2 Å². The molecule has 1 nitrogen and oxygen atoms in total. The molecule has 1 aliphatic rings. The van der Waals surface area contributed by atoms with Crippen LogP contribution in [0.5, 0.6) is 0 Å². The van der Waals surface area contributed by atoms with Crippen LogP contribution in [0, 0.1) is 17.6 Å². The number of hydrogen-bond donors (Lipinski definition) is 1. The zero-order chi connectivity index (χ0) is 11.1. The highest BCUT2D eigenvalue weighted by Gasteiger charge is 2.55. The third-order valence-electron chi connectivity index (χ3n) is 3.11. The minimum Gasteiger partial charge on any atom is -0.385 e. The van der Waals surface area contributed by atoms with Crippen LogP contribution in [0.1, 0.15) is 31.7 Å². The lowest BCUT2D eigenvalue weighted by molar-refractivity contribution is 0.120. The molecule has 1 aromatic carbocycles. The van der Waals surface area contributed by atoms with Gasteiger partial charge in [-0.05, 0) is 30.9 Å². The molecule has 15 heavy (non-hydrogen) atoms. The summed E-state index contributed by atoms with van der Waals surface area (Å²) in [5, 5.41) is 10.1. The molecule has 0 bridgehead atoms. The van der Waals surface area contributed by atoms with Gasteiger partial charge in [-0.3, -0.25) is 0 Å². The molecule has 3 heteroatoms. The van der Waals surface area contributed by atoms with Gasteiger partial charge in [-0.1, -0.05) is 19.4 Å². The van der Waals surface area contributed by atoms with Gasteiger partial charge in [0.15, 0.2) is 0 Å². The number of aliphatic hydroxyl groups is 1. The molecule has 0 aromatic heterocycles. The first-order valence-electron chi connectivity index (χ1n) is 5.26. The van der Waals surface area contributed by atoms with Gasteiger partial charge in [-0.15, -0.1) is 0 Å². The van der Waals surface area contributed by atoms with Crippen molar-refractivity contribution in [1.82, 2.24) is 0 Å². The fourth-order valence-electron chi connectivity index (χ4n) is 2.22. The molecule has 0 aliphatic heterocycles.